The maximum absolute atomic E-state index is 13.3. The number of aliphatic imine (C=N–C) groups is 1. The van der Waals surface area contributed by atoms with Gasteiger partial charge in [-0.15, -0.1) is 0 Å². The molecule has 0 radical (unpaired) electrons. The van der Waals surface area contributed by atoms with E-state index in [1.165, 1.54) is 12.5 Å². The number of nitrogens with one attached hydrogen (secondary N) is 4. The number of carboxylic acids is 1. The molecule has 0 aliphatic rings. The van der Waals surface area contributed by atoms with Gasteiger partial charge >= 0.3 is 5.97 Å². The molecule has 11 N–H and O–H groups in total. The third kappa shape index (κ3) is 11.7. The van der Waals surface area contributed by atoms with E-state index in [9.17, 15) is 24.3 Å². The predicted octanol–water partition coefficient (Wildman–Crippen LogP) is -1.43. The van der Waals surface area contributed by atoms with Crippen molar-refractivity contribution in [1.29, 1.82) is 0 Å². The fourth-order valence-corrected chi connectivity index (χ4v) is 3.53. The fourth-order valence-electron chi connectivity index (χ4n) is 3.53. The summed E-state index contributed by atoms with van der Waals surface area (Å²) in [6.45, 7) is 7.36. The zero-order valence-corrected chi connectivity index (χ0v) is 21.9. The highest BCUT2D eigenvalue weighted by atomic mass is 16.4. The Morgan fingerprint density at radius 1 is 1.03 bits per heavy atom. The standard InChI is InChI=1S/C23H41N9O5/c1-12(2)8-15(24)19(33)31-17(9-14-10-27-11-29-14)21(35)30-16(6-5-7-28-23(25)26)20(34)32-18(13(3)4)22(36)37/h10-13,15-18H,5-9,24H2,1-4H3,(H,27,29)(H,30,35)(H,31,33)(H,32,34)(H,36,37)(H4,25,26,28). The average molecular weight is 524 g/mol. The normalized spacial score (nSPS) is 14.4. The molecule has 0 saturated carbocycles. The molecule has 0 aliphatic carbocycles. The minimum Gasteiger partial charge on any atom is -0.480 e. The first-order chi connectivity index (χ1) is 17.3. The van der Waals surface area contributed by atoms with Crippen molar-refractivity contribution >= 4 is 29.7 Å². The number of carbonyl (C=O) groups is 4. The van der Waals surface area contributed by atoms with Gasteiger partial charge in [0.05, 0.1) is 12.4 Å². The summed E-state index contributed by atoms with van der Waals surface area (Å²) in [6.07, 6.45) is 3.89. The lowest BCUT2D eigenvalue weighted by Crippen LogP contribution is -2.58. The molecule has 0 spiro atoms. The summed E-state index contributed by atoms with van der Waals surface area (Å²) < 4.78 is 0. The van der Waals surface area contributed by atoms with Crippen LogP contribution in [0.15, 0.2) is 17.5 Å². The van der Waals surface area contributed by atoms with Crippen LogP contribution in [0.4, 0.5) is 0 Å². The number of guanidine groups is 1. The molecule has 0 fully saturated rings. The van der Waals surface area contributed by atoms with Crippen molar-refractivity contribution in [1.82, 2.24) is 25.9 Å². The Balaban J connectivity index is 3.09. The highest BCUT2D eigenvalue weighted by Gasteiger charge is 2.31. The Hall–Kier alpha value is -3.68. The number of rotatable bonds is 16. The summed E-state index contributed by atoms with van der Waals surface area (Å²) in [5.74, 6) is -3.36. The third-order valence-corrected chi connectivity index (χ3v) is 5.48. The Morgan fingerprint density at radius 2 is 1.65 bits per heavy atom. The second-order valence-corrected chi connectivity index (χ2v) is 9.66. The number of hydrogen-bond acceptors (Lipinski definition) is 7. The number of aliphatic carboxylic acids is 1. The third-order valence-electron chi connectivity index (χ3n) is 5.48. The second-order valence-electron chi connectivity index (χ2n) is 9.66. The Labute approximate surface area is 216 Å². The smallest absolute Gasteiger partial charge is 0.326 e. The first-order valence-corrected chi connectivity index (χ1v) is 12.2. The largest absolute Gasteiger partial charge is 0.480 e. The van der Waals surface area contributed by atoms with Crippen molar-refractivity contribution < 1.29 is 24.3 Å². The molecular weight excluding hydrogens is 482 g/mol. The summed E-state index contributed by atoms with van der Waals surface area (Å²) in [5.41, 5.74) is 17.3. The van der Waals surface area contributed by atoms with E-state index in [-0.39, 0.29) is 31.3 Å². The van der Waals surface area contributed by atoms with E-state index in [0.717, 1.165) is 0 Å². The number of nitrogens with zero attached hydrogens (tertiary/aromatic N) is 2. The molecule has 208 valence electrons. The van der Waals surface area contributed by atoms with Gasteiger partial charge in [-0.3, -0.25) is 19.4 Å². The molecule has 0 saturated heterocycles. The van der Waals surface area contributed by atoms with Crippen molar-refractivity contribution in [2.75, 3.05) is 6.54 Å². The highest BCUT2D eigenvalue weighted by Crippen LogP contribution is 2.08. The molecule has 1 aromatic heterocycles. The van der Waals surface area contributed by atoms with Gasteiger partial charge in [0.2, 0.25) is 17.7 Å². The van der Waals surface area contributed by atoms with Gasteiger partial charge in [-0.25, -0.2) is 9.78 Å². The molecular formula is C23H41N9O5. The molecule has 1 rings (SSSR count). The number of H-pyrrole nitrogens is 1. The van der Waals surface area contributed by atoms with Crippen molar-refractivity contribution in [2.45, 2.75) is 77.5 Å². The number of hydrogen-bond donors (Lipinski definition) is 8. The average Bonchev–Trinajstić information content (AvgIpc) is 3.30. The monoisotopic (exact) mass is 523 g/mol. The van der Waals surface area contributed by atoms with Crippen LogP contribution in [0.1, 0.15) is 52.7 Å². The Kier molecular flexibility index (Phi) is 13.1. The molecule has 1 heterocycles. The minimum atomic E-state index is -1.20. The molecule has 1 aromatic rings. The van der Waals surface area contributed by atoms with Gasteiger partial charge in [-0.2, -0.15) is 0 Å². The summed E-state index contributed by atoms with van der Waals surface area (Å²) in [6, 6.07) is -4.15. The molecule has 0 aliphatic heterocycles. The van der Waals surface area contributed by atoms with Crippen LogP contribution < -0.4 is 33.2 Å². The van der Waals surface area contributed by atoms with Crippen LogP contribution in [-0.4, -0.2) is 75.4 Å². The number of nitrogens with two attached hydrogens (primary N) is 3. The van der Waals surface area contributed by atoms with E-state index in [2.05, 4.69) is 30.9 Å². The highest BCUT2D eigenvalue weighted by molar-refractivity contribution is 5.94. The maximum atomic E-state index is 13.3. The van der Waals surface area contributed by atoms with Crippen LogP contribution >= 0.6 is 0 Å². The zero-order valence-electron chi connectivity index (χ0n) is 21.9. The van der Waals surface area contributed by atoms with Crippen LogP contribution in [-0.2, 0) is 25.6 Å². The molecule has 14 nitrogen and oxygen atoms in total. The summed E-state index contributed by atoms with van der Waals surface area (Å²) in [7, 11) is 0. The molecule has 14 heteroatoms. The van der Waals surface area contributed by atoms with Crippen LogP contribution in [0.3, 0.4) is 0 Å². The summed E-state index contributed by atoms with van der Waals surface area (Å²) in [5, 5.41) is 17.2. The van der Waals surface area contributed by atoms with Gasteiger partial charge in [-0.05, 0) is 31.1 Å². The first-order valence-electron chi connectivity index (χ1n) is 12.2. The summed E-state index contributed by atoms with van der Waals surface area (Å²) in [4.78, 5) is 61.3. The lowest BCUT2D eigenvalue weighted by atomic mass is 10.0. The van der Waals surface area contributed by atoms with Crippen LogP contribution in [0.25, 0.3) is 0 Å². The van der Waals surface area contributed by atoms with E-state index in [0.29, 0.717) is 18.5 Å². The maximum Gasteiger partial charge on any atom is 0.326 e. The van der Waals surface area contributed by atoms with E-state index in [1.807, 2.05) is 13.8 Å². The molecule has 3 amide bonds. The van der Waals surface area contributed by atoms with Crippen LogP contribution in [0, 0.1) is 11.8 Å². The molecule has 4 atom stereocenters. The lowest BCUT2D eigenvalue weighted by molar-refractivity contribution is -0.143. The van der Waals surface area contributed by atoms with Gasteiger partial charge < -0.3 is 43.2 Å². The molecule has 0 aromatic carbocycles. The van der Waals surface area contributed by atoms with Crippen LogP contribution in [0.5, 0.6) is 0 Å². The van der Waals surface area contributed by atoms with Gasteiger partial charge in [0, 0.05) is 24.9 Å². The van der Waals surface area contributed by atoms with Crippen LogP contribution in [0.2, 0.25) is 0 Å². The van der Waals surface area contributed by atoms with Crippen molar-refractivity contribution in [2.24, 2.45) is 34.0 Å². The van der Waals surface area contributed by atoms with E-state index < -0.39 is 53.8 Å². The predicted molar refractivity (Wildman–Crippen MR) is 138 cm³/mol. The van der Waals surface area contributed by atoms with Gasteiger partial charge in [0.25, 0.3) is 0 Å². The number of amides is 3. The molecule has 37 heavy (non-hydrogen) atoms. The number of aromatic amines is 1. The number of carboxylic acid groups (broad SMARTS) is 1. The van der Waals surface area contributed by atoms with E-state index in [1.54, 1.807) is 13.8 Å². The minimum absolute atomic E-state index is 0.0675. The summed E-state index contributed by atoms with van der Waals surface area (Å²) >= 11 is 0. The van der Waals surface area contributed by atoms with E-state index in [4.69, 9.17) is 17.2 Å². The Morgan fingerprint density at radius 3 is 2.16 bits per heavy atom. The van der Waals surface area contributed by atoms with Gasteiger partial charge in [-0.1, -0.05) is 27.7 Å². The quantitative estimate of drug-likeness (QED) is 0.0718. The van der Waals surface area contributed by atoms with Crippen molar-refractivity contribution in [3.05, 3.63) is 18.2 Å². The second kappa shape index (κ2) is 15.4. The van der Waals surface area contributed by atoms with Crippen molar-refractivity contribution in [3.63, 3.8) is 0 Å². The Bertz CT molecular complexity index is 914. The first kappa shape index (κ1) is 31.4. The van der Waals surface area contributed by atoms with Gasteiger partial charge in [0.1, 0.15) is 18.1 Å². The van der Waals surface area contributed by atoms with Gasteiger partial charge in [0.15, 0.2) is 5.96 Å². The number of carbonyl (C=O) groups excluding carboxylic acids is 3. The number of imidazole rings is 1. The fraction of sp³-hybridized carbons (Fsp3) is 0.652. The molecule has 4 unspecified atom stereocenters. The number of aromatic nitrogens is 2. The molecule has 0 bridgehead atoms. The van der Waals surface area contributed by atoms with Crippen molar-refractivity contribution in [3.8, 4) is 0 Å². The zero-order chi connectivity index (χ0) is 28.1. The SMILES string of the molecule is CC(C)CC(N)C(=O)NC(Cc1cnc[nH]1)C(=O)NC(CCCN=C(N)N)C(=O)NC(C(=O)O)C(C)C. The lowest BCUT2D eigenvalue weighted by Gasteiger charge is -2.26. The topological polar surface area (TPSA) is 244 Å². The van der Waals surface area contributed by atoms with E-state index >= 15 is 0 Å².